The van der Waals surface area contributed by atoms with Crippen molar-refractivity contribution in [2.24, 2.45) is 0 Å². The Bertz CT molecular complexity index is 1140. The van der Waals surface area contributed by atoms with Crippen molar-refractivity contribution in [1.82, 2.24) is 0 Å². The van der Waals surface area contributed by atoms with Crippen molar-refractivity contribution in [2.75, 3.05) is 7.11 Å². The van der Waals surface area contributed by atoms with Crippen LogP contribution >= 0.6 is 0 Å². The average Bonchev–Trinajstić information content (AvgIpc) is 2.79. The second kappa shape index (κ2) is 10.6. The minimum Gasteiger partial charge on any atom is -0.508 e. The highest BCUT2D eigenvalue weighted by Crippen LogP contribution is 2.24. The number of aryl methyl sites for hydroxylation is 1. The molecule has 0 bridgehead atoms. The minimum absolute atomic E-state index is 0.150. The van der Waals surface area contributed by atoms with E-state index < -0.39 is 11.9 Å². The van der Waals surface area contributed by atoms with Crippen molar-refractivity contribution < 1.29 is 28.9 Å². The van der Waals surface area contributed by atoms with Gasteiger partial charge in [0.15, 0.2) is 0 Å². The number of carbonyl (C=O) groups excluding carboxylic acids is 2. The van der Waals surface area contributed by atoms with Crippen molar-refractivity contribution >= 4 is 24.1 Å². The largest absolute Gasteiger partial charge is 0.508 e. The van der Waals surface area contributed by atoms with Gasteiger partial charge < -0.3 is 19.3 Å². The van der Waals surface area contributed by atoms with Gasteiger partial charge in [0.2, 0.25) is 0 Å². The second-order valence-corrected chi connectivity index (χ2v) is 6.80. The normalized spacial score (nSPS) is 10.9. The number of esters is 2. The molecule has 0 aliphatic rings. The first kappa shape index (κ1) is 22.4. The number of hydrogen-bond donors (Lipinski definition) is 1. The Morgan fingerprint density at radius 3 is 1.84 bits per heavy atom. The monoisotopic (exact) mass is 430 g/mol. The Morgan fingerprint density at radius 2 is 1.28 bits per heavy atom. The van der Waals surface area contributed by atoms with E-state index in [1.165, 1.54) is 24.3 Å². The fraction of sp³-hybridized carbons (Fsp3) is 0.0769. The molecule has 3 aromatic carbocycles. The van der Waals surface area contributed by atoms with Crippen LogP contribution in [0.5, 0.6) is 23.0 Å². The molecule has 32 heavy (non-hydrogen) atoms. The lowest BCUT2D eigenvalue weighted by molar-refractivity contribution is -0.130. The molecule has 3 aromatic rings. The number of phenolic OH excluding ortho intramolecular Hbond substituents is 1. The molecule has 0 saturated carbocycles. The number of rotatable bonds is 7. The highest BCUT2D eigenvalue weighted by atomic mass is 16.5. The zero-order valence-corrected chi connectivity index (χ0v) is 17.6. The molecule has 0 aliphatic heterocycles. The van der Waals surface area contributed by atoms with Crippen molar-refractivity contribution in [3.63, 3.8) is 0 Å². The van der Waals surface area contributed by atoms with Gasteiger partial charge in [-0.1, -0.05) is 24.3 Å². The Kier molecular flexibility index (Phi) is 7.43. The molecular weight excluding hydrogens is 408 g/mol. The number of carbonyl (C=O) groups is 2. The number of phenols is 1. The van der Waals surface area contributed by atoms with Crippen molar-refractivity contribution in [1.29, 1.82) is 0 Å². The molecule has 162 valence electrons. The molecule has 6 nitrogen and oxygen atoms in total. The van der Waals surface area contributed by atoms with Crippen molar-refractivity contribution in [3.05, 3.63) is 95.6 Å². The Labute approximate surface area is 186 Å². The summed E-state index contributed by atoms with van der Waals surface area (Å²) in [6.45, 7) is 1.75. The van der Waals surface area contributed by atoms with E-state index in [0.29, 0.717) is 17.1 Å². The summed E-state index contributed by atoms with van der Waals surface area (Å²) in [6.07, 6.45) is 5.86. The second-order valence-electron chi connectivity index (χ2n) is 6.80. The molecule has 0 fully saturated rings. The van der Waals surface area contributed by atoms with Gasteiger partial charge in [0, 0.05) is 12.2 Å². The number of aromatic hydroxyl groups is 1. The fourth-order valence-electron chi connectivity index (χ4n) is 2.72. The quantitative estimate of drug-likeness (QED) is 0.325. The van der Waals surface area contributed by atoms with Gasteiger partial charge in [-0.2, -0.15) is 0 Å². The van der Waals surface area contributed by atoms with Crippen LogP contribution in [0.4, 0.5) is 0 Å². The third-order valence-electron chi connectivity index (χ3n) is 4.41. The summed E-state index contributed by atoms with van der Waals surface area (Å²) in [5, 5.41) is 9.28. The first-order valence-electron chi connectivity index (χ1n) is 9.76. The van der Waals surface area contributed by atoms with Crippen LogP contribution in [0, 0.1) is 6.92 Å². The van der Waals surface area contributed by atoms with Crippen LogP contribution in [0.3, 0.4) is 0 Å². The van der Waals surface area contributed by atoms with E-state index in [1.54, 1.807) is 68.7 Å². The molecule has 0 heterocycles. The molecule has 0 spiro atoms. The third kappa shape index (κ3) is 6.60. The fourth-order valence-corrected chi connectivity index (χ4v) is 2.72. The van der Waals surface area contributed by atoms with Gasteiger partial charge in [-0.05, 0) is 78.2 Å². The first-order chi connectivity index (χ1) is 15.4. The summed E-state index contributed by atoms with van der Waals surface area (Å²) < 4.78 is 15.7. The summed E-state index contributed by atoms with van der Waals surface area (Å²) in [5.74, 6) is 0.509. The van der Waals surface area contributed by atoms with Crippen LogP contribution in [0.15, 0.2) is 78.9 Å². The molecule has 0 radical (unpaired) electrons. The zero-order valence-electron chi connectivity index (χ0n) is 17.6. The molecule has 1 N–H and O–H groups in total. The third-order valence-corrected chi connectivity index (χ3v) is 4.41. The average molecular weight is 430 g/mol. The SMILES string of the molecule is COc1ccc(/C=C/C(=O)Oc2ccc(OC(=O)/C=C/c3ccc(O)cc3)c(C)c2)cc1. The standard InChI is InChI=1S/C26H22O6/c1-18-17-23(31-25(28)15-7-20-5-11-22(30-2)12-6-20)13-14-24(18)32-26(29)16-8-19-3-9-21(27)10-4-19/h3-17,27H,1-2H3/b15-7+,16-8+. The molecule has 0 atom stereocenters. The van der Waals surface area contributed by atoms with Gasteiger partial charge >= 0.3 is 11.9 Å². The van der Waals surface area contributed by atoms with Crippen molar-refractivity contribution in [2.45, 2.75) is 6.92 Å². The van der Waals surface area contributed by atoms with E-state index in [4.69, 9.17) is 14.2 Å². The summed E-state index contributed by atoms with van der Waals surface area (Å²) in [7, 11) is 1.59. The molecule has 0 aliphatic carbocycles. The molecule has 6 heteroatoms. The topological polar surface area (TPSA) is 82.1 Å². The Balaban J connectivity index is 1.56. The van der Waals surface area contributed by atoms with E-state index in [2.05, 4.69) is 0 Å². The van der Waals surface area contributed by atoms with Gasteiger partial charge in [-0.3, -0.25) is 0 Å². The van der Waals surface area contributed by atoms with Crippen LogP contribution in [-0.4, -0.2) is 24.2 Å². The first-order valence-corrected chi connectivity index (χ1v) is 9.76. The van der Waals surface area contributed by atoms with Gasteiger partial charge in [-0.15, -0.1) is 0 Å². The van der Waals surface area contributed by atoms with E-state index in [9.17, 15) is 14.7 Å². The van der Waals surface area contributed by atoms with Gasteiger partial charge in [0.05, 0.1) is 7.11 Å². The highest BCUT2D eigenvalue weighted by molar-refractivity contribution is 5.89. The van der Waals surface area contributed by atoms with Crippen LogP contribution in [0.1, 0.15) is 16.7 Å². The maximum Gasteiger partial charge on any atom is 0.336 e. The molecule has 0 unspecified atom stereocenters. The maximum atomic E-state index is 12.1. The van der Waals surface area contributed by atoms with Crippen LogP contribution < -0.4 is 14.2 Å². The van der Waals surface area contributed by atoms with Gasteiger partial charge in [0.1, 0.15) is 23.0 Å². The van der Waals surface area contributed by atoms with E-state index in [0.717, 1.165) is 16.9 Å². The predicted molar refractivity (Wildman–Crippen MR) is 122 cm³/mol. The molecule has 0 amide bonds. The molecular formula is C26H22O6. The molecule has 0 saturated heterocycles. The smallest absolute Gasteiger partial charge is 0.336 e. The number of ether oxygens (including phenoxy) is 3. The Hall–Kier alpha value is -4.32. The lowest BCUT2D eigenvalue weighted by Gasteiger charge is -2.08. The summed E-state index contributed by atoms with van der Waals surface area (Å²) in [6, 6.07) is 18.4. The zero-order chi connectivity index (χ0) is 22.9. The van der Waals surface area contributed by atoms with E-state index >= 15 is 0 Å². The lowest BCUT2D eigenvalue weighted by atomic mass is 10.2. The summed E-state index contributed by atoms with van der Waals surface area (Å²) >= 11 is 0. The Morgan fingerprint density at radius 1 is 0.750 bits per heavy atom. The summed E-state index contributed by atoms with van der Waals surface area (Å²) in [4.78, 5) is 24.1. The van der Waals surface area contributed by atoms with E-state index in [1.807, 2.05) is 12.1 Å². The minimum atomic E-state index is -0.548. The van der Waals surface area contributed by atoms with Crippen LogP contribution in [-0.2, 0) is 9.59 Å². The molecule has 0 aromatic heterocycles. The maximum absolute atomic E-state index is 12.1. The van der Waals surface area contributed by atoms with E-state index in [-0.39, 0.29) is 5.75 Å². The number of hydrogen-bond acceptors (Lipinski definition) is 6. The van der Waals surface area contributed by atoms with Gasteiger partial charge in [0.25, 0.3) is 0 Å². The van der Waals surface area contributed by atoms with Gasteiger partial charge in [-0.25, -0.2) is 9.59 Å². The van der Waals surface area contributed by atoms with Crippen LogP contribution in [0.2, 0.25) is 0 Å². The number of benzene rings is 3. The predicted octanol–water partition coefficient (Wildman–Crippen LogP) is 4.95. The van der Waals surface area contributed by atoms with Crippen molar-refractivity contribution in [3.8, 4) is 23.0 Å². The lowest BCUT2D eigenvalue weighted by Crippen LogP contribution is -2.06. The van der Waals surface area contributed by atoms with Crippen LogP contribution in [0.25, 0.3) is 12.2 Å². The number of methoxy groups -OCH3 is 1. The molecule has 3 rings (SSSR count). The summed E-state index contributed by atoms with van der Waals surface area (Å²) in [5.41, 5.74) is 2.23. The highest BCUT2D eigenvalue weighted by Gasteiger charge is 2.08.